The highest BCUT2D eigenvalue weighted by atomic mass is 16.3. The molecule has 0 aliphatic carbocycles. The molecular formula is C18H18N2O. The Kier molecular flexibility index (Phi) is 3.59. The van der Waals surface area contributed by atoms with Gasteiger partial charge in [0.1, 0.15) is 6.10 Å². The first-order valence-electron chi connectivity index (χ1n) is 6.97. The van der Waals surface area contributed by atoms with Gasteiger partial charge in [-0.1, -0.05) is 42.5 Å². The summed E-state index contributed by atoms with van der Waals surface area (Å²) in [5.74, 6) is 0. The number of hydrogen-bond donors (Lipinski definition) is 1. The summed E-state index contributed by atoms with van der Waals surface area (Å²) in [7, 11) is 1.89. The highest BCUT2D eigenvalue weighted by Crippen LogP contribution is 2.28. The molecule has 3 heteroatoms. The summed E-state index contributed by atoms with van der Waals surface area (Å²) in [6.45, 7) is 2.10. The molecule has 0 spiro atoms. The number of aliphatic hydroxyl groups is 1. The maximum Gasteiger partial charge on any atom is 0.121 e. The van der Waals surface area contributed by atoms with Crippen molar-refractivity contribution in [3.63, 3.8) is 0 Å². The zero-order valence-corrected chi connectivity index (χ0v) is 12.2. The first-order valence-corrected chi connectivity index (χ1v) is 6.97. The van der Waals surface area contributed by atoms with Crippen molar-refractivity contribution in [2.75, 3.05) is 0 Å². The van der Waals surface area contributed by atoms with Crippen LogP contribution in [0, 0.1) is 6.92 Å². The zero-order valence-electron chi connectivity index (χ0n) is 12.2. The Hall–Kier alpha value is -2.39. The van der Waals surface area contributed by atoms with Crippen LogP contribution in [0.2, 0.25) is 0 Å². The highest BCUT2D eigenvalue weighted by molar-refractivity contribution is 5.67. The number of rotatable bonds is 3. The van der Waals surface area contributed by atoms with E-state index in [1.54, 1.807) is 12.5 Å². The second-order valence-corrected chi connectivity index (χ2v) is 5.27. The van der Waals surface area contributed by atoms with Crippen molar-refractivity contribution in [2.45, 2.75) is 13.0 Å². The number of benzene rings is 2. The van der Waals surface area contributed by atoms with Crippen LogP contribution in [-0.4, -0.2) is 14.7 Å². The normalized spacial score (nSPS) is 12.3. The maximum atomic E-state index is 10.5. The van der Waals surface area contributed by atoms with Crippen LogP contribution in [0.15, 0.2) is 61.1 Å². The van der Waals surface area contributed by atoms with Gasteiger partial charge < -0.3 is 9.67 Å². The molecule has 1 aromatic heterocycles. The summed E-state index contributed by atoms with van der Waals surface area (Å²) in [5.41, 5.74) is 5.20. The van der Waals surface area contributed by atoms with E-state index in [1.165, 1.54) is 11.1 Å². The van der Waals surface area contributed by atoms with E-state index in [-0.39, 0.29) is 0 Å². The smallest absolute Gasteiger partial charge is 0.121 e. The highest BCUT2D eigenvalue weighted by Gasteiger charge is 2.14. The molecule has 1 atom stereocenters. The minimum atomic E-state index is -0.665. The number of imidazole rings is 1. The van der Waals surface area contributed by atoms with Crippen molar-refractivity contribution in [3.8, 4) is 11.1 Å². The second kappa shape index (κ2) is 5.54. The Bertz CT molecular complexity index is 761. The summed E-state index contributed by atoms with van der Waals surface area (Å²) < 4.78 is 1.84. The Balaban J connectivity index is 2.01. The predicted octanol–water partition coefficient (Wildman–Crippen LogP) is 3.48. The van der Waals surface area contributed by atoms with E-state index in [1.807, 2.05) is 41.9 Å². The molecule has 0 fully saturated rings. The second-order valence-electron chi connectivity index (χ2n) is 5.27. The van der Waals surface area contributed by atoms with Gasteiger partial charge in [-0.3, -0.25) is 0 Å². The number of aromatic nitrogens is 2. The van der Waals surface area contributed by atoms with Gasteiger partial charge in [0.2, 0.25) is 0 Å². The van der Waals surface area contributed by atoms with E-state index in [0.717, 1.165) is 16.8 Å². The van der Waals surface area contributed by atoms with Gasteiger partial charge in [-0.05, 0) is 35.2 Å². The van der Waals surface area contributed by atoms with Crippen molar-refractivity contribution in [1.29, 1.82) is 0 Å². The van der Waals surface area contributed by atoms with Crippen molar-refractivity contribution < 1.29 is 5.11 Å². The number of nitrogens with zero attached hydrogens (tertiary/aromatic N) is 2. The topological polar surface area (TPSA) is 38.1 Å². The summed E-state index contributed by atoms with van der Waals surface area (Å²) >= 11 is 0. The van der Waals surface area contributed by atoms with Crippen LogP contribution in [0.25, 0.3) is 11.1 Å². The average molecular weight is 278 g/mol. The van der Waals surface area contributed by atoms with E-state index >= 15 is 0 Å². The molecule has 106 valence electrons. The quantitative estimate of drug-likeness (QED) is 0.796. The standard InChI is InChI=1S/C18H18N2O/c1-13-6-3-4-9-16(13)14-7-5-8-15(10-14)18(21)17-11-19-12-20(17)2/h3-12,18,21H,1-2H3. The molecule has 1 heterocycles. The molecule has 0 bridgehead atoms. The van der Waals surface area contributed by atoms with Gasteiger partial charge >= 0.3 is 0 Å². The molecule has 1 unspecified atom stereocenters. The van der Waals surface area contributed by atoms with E-state index in [2.05, 4.69) is 30.1 Å². The van der Waals surface area contributed by atoms with E-state index in [9.17, 15) is 5.11 Å². The number of aliphatic hydroxyl groups excluding tert-OH is 1. The Morgan fingerprint density at radius 2 is 1.90 bits per heavy atom. The van der Waals surface area contributed by atoms with Crippen molar-refractivity contribution >= 4 is 0 Å². The Morgan fingerprint density at radius 1 is 1.10 bits per heavy atom. The third kappa shape index (κ3) is 2.60. The van der Waals surface area contributed by atoms with Crippen molar-refractivity contribution in [2.24, 2.45) is 7.05 Å². The van der Waals surface area contributed by atoms with Gasteiger partial charge in [0.15, 0.2) is 0 Å². The van der Waals surface area contributed by atoms with Crippen LogP contribution in [0.1, 0.15) is 22.9 Å². The minimum Gasteiger partial charge on any atom is -0.382 e. The fraction of sp³-hybridized carbons (Fsp3) is 0.167. The molecule has 2 aromatic carbocycles. The molecule has 0 radical (unpaired) electrons. The molecule has 3 aromatic rings. The zero-order chi connectivity index (χ0) is 14.8. The maximum absolute atomic E-state index is 10.5. The van der Waals surface area contributed by atoms with Crippen LogP contribution in [0.5, 0.6) is 0 Å². The van der Waals surface area contributed by atoms with Gasteiger partial charge in [-0.2, -0.15) is 0 Å². The van der Waals surface area contributed by atoms with Gasteiger partial charge in [0.05, 0.1) is 18.2 Å². The largest absolute Gasteiger partial charge is 0.382 e. The molecule has 21 heavy (non-hydrogen) atoms. The SMILES string of the molecule is Cc1ccccc1-c1cccc(C(O)c2cncn2C)c1. The molecule has 0 saturated heterocycles. The first-order chi connectivity index (χ1) is 10.2. The third-order valence-electron chi connectivity index (χ3n) is 3.79. The Morgan fingerprint density at radius 3 is 2.62 bits per heavy atom. The molecule has 0 aliphatic heterocycles. The van der Waals surface area contributed by atoms with Crippen molar-refractivity contribution in [1.82, 2.24) is 9.55 Å². The molecule has 0 aliphatic rings. The van der Waals surface area contributed by atoms with E-state index < -0.39 is 6.10 Å². The van der Waals surface area contributed by atoms with Gasteiger partial charge in [-0.15, -0.1) is 0 Å². The first kappa shape index (κ1) is 13.6. The van der Waals surface area contributed by atoms with Crippen LogP contribution < -0.4 is 0 Å². The fourth-order valence-corrected chi connectivity index (χ4v) is 2.57. The van der Waals surface area contributed by atoms with Gasteiger partial charge in [-0.25, -0.2) is 4.98 Å². The van der Waals surface area contributed by atoms with Gasteiger partial charge in [0, 0.05) is 7.05 Å². The van der Waals surface area contributed by atoms with Gasteiger partial charge in [0.25, 0.3) is 0 Å². The molecule has 0 saturated carbocycles. The number of aryl methyl sites for hydroxylation is 2. The van der Waals surface area contributed by atoms with Crippen LogP contribution >= 0.6 is 0 Å². The van der Waals surface area contributed by atoms with E-state index in [4.69, 9.17) is 0 Å². The summed E-state index contributed by atoms with van der Waals surface area (Å²) in [6, 6.07) is 16.3. The lowest BCUT2D eigenvalue weighted by atomic mass is 9.97. The monoisotopic (exact) mass is 278 g/mol. The Labute approximate surface area is 124 Å². The van der Waals surface area contributed by atoms with Crippen LogP contribution in [0.3, 0.4) is 0 Å². The lowest BCUT2D eigenvalue weighted by Crippen LogP contribution is -2.05. The van der Waals surface area contributed by atoms with Crippen LogP contribution in [-0.2, 0) is 7.05 Å². The molecule has 1 N–H and O–H groups in total. The molecule has 3 rings (SSSR count). The minimum absolute atomic E-state index is 0.665. The summed E-state index contributed by atoms with van der Waals surface area (Å²) in [6.07, 6.45) is 2.73. The van der Waals surface area contributed by atoms with Crippen molar-refractivity contribution in [3.05, 3.63) is 77.9 Å². The average Bonchev–Trinajstić information content (AvgIpc) is 2.93. The summed E-state index contributed by atoms with van der Waals surface area (Å²) in [4.78, 5) is 4.07. The summed E-state index contributed by atoms with van der Waals surface area (Å²) in [5, 5.41) is 10.5. The third-order valence-corrected chi connectivity index (χ3v) is 3.79. The number of hydrogen-bond acceptors (Lipinski definition) is 2. The molecular weight excluding hydrogens is 260 g/mol. The molecule has 0 amide bonds. The lowest BCUT2D eigenvalue weighted by Gasteiger charge is -2.14. The molecule has 3 nitrogen and oxygen atoms in total. The predicted molar refractivity (Wildman–Crippen MR) is 83.9 cm³/mol. The van der Waals surface area contributed by atoms with E-state index in [0.29, 0.717) is 0 Å². The fourth-order valence-electron chi connectivity index (χ4n) is 2.57. The lowest BCUT2D eigenvalue weighted by molar-refractivity contribution is 0.211. The van der Waals surface area contributed by atoms with Crippen LogP contribution in [0.4, 0.5) is 0 Å².